The average molecular weight is 263 g/mol. The highest BCUT2D eigenvalue weighted by molar-refractivity contribution is 7.71. The van der Waals surface area contributed by atoms with E-state index in [1.807, 2.05) is 12.1 Å². The summed E-state index contributed by atoms with van der Waals surface area (Å²) in [5.74, 6) is 1.38. The maximum atomic E-state index is 5.39. The lowest BCUT2D eigenvalue weighted by Gasteiger charge is -2.10. The molecule has 0 radical (unpaired) electrons. The average Bonchev–Trinajstić information content (AvgIpc) is 2.99. The number of ether oxygens (including phenoxy) is 1. The van der Waals surface area contributed by atoms with Gasteiger partial charge in [-0.3, -0.25) is 0 Å². The number of nitrogens with one attached hydrogen (secondary N) is 1. The molecule has 0 bridgehead atoms. The number of aromatic nitrogens is 3. The second-order valence-corrected chi connectivity index (χ2v) is 5.30. The summed E-state index contributed by atoms with van der Waals surface area (Å²) in [5.41, 5.74) is 1.89. The van der Waals surface area contributed by atoms with Crippen molar-refractivity contribution < 1.29 is 4.74 Å². The SMILES string of the molecule is COc1ccc2[nH]c(=S)n(CC3CCCC3)c2n1. The zero-order valence-corrected chi connectivity index (χ0v) is 11.3. The molecule has 0 unspecified atom stereocenters. The molecule has 0 aromatic carbocycles. The van der Waals surface area contributed by atoms with E-state index in [4.69, 9.17) is 17.0 Å². The van der Waals surface area contributed by atoms with Crippen LogP contribution in [-0.4, -0.2) is 21.6 Å². The minimum Gasteiger partial charge on any atom is -0.481 e. The molecule has 96 valence electrons. The first-order valence-corrected chi connectivity index (χ1v) is 6.82. The summed E-state index contributed by atoms with van der Waals surface area (Å²) in [5, 5.41) is 0. The molecule has 2 heterocycles. The van der Waals surface area contributed by atoms with Crippen molar-refractivity contribution in [3.63, 3.8) is 0 Å². The Hall–Kier alpha value is -1.36. The van der Waals surface area contributed by atoms with Gasteiger partial charge in [0, 0.05) is 12.6 Å². The number of rotatable bonds is 3. The zero-order chi connectivity index (χ0) is 12.5. The number of imidazole rings is 1. The quantitative estimate of drug-likeness (QED) is 0.864. The van der Waals surface area contributed by atoms with Gasteiger partial charge in [0.1, 0.15) is 0 Å². The zero-order valence-electron chi connectivity index (χ0n) is 10.5. The van der Waals surface area contributed by atoms with Crippen molar-refractivity contribution in [1.82, 2.24) is 14.5 Å². The lowest BCUT2D eigenvalue weighted by Crippen LogP contribution is -2.08. The van der Waals surface area contributed by atoms with Crippen LogP contribution < -0.4 is 4.74 Å². The Morgan fingerprint density at radius 2 is 2.22 bits per heavy atom. The normalized spacial score (nSPS) is 16.5. The number of hydrogen-bond donors (Lipinski definition) is 1. The Morgan fingerprint density at radius 1 is 1.44 bits per heavy atom. The number of fused-ring (bicyclic) bond motifs is 1. The molecule has 1 aliphatic rings. The molecule has 0 atom stereocenters. The number of pyridine rings is 1. The van der Waals surface area contributed by atoms with Crippen molar-refractivity contribution in [3.8, 4) is 5.88 Å². The summed E-state index contributed by atoms with van der Waals surface area (Å²) in [7, 11) is 1.64. The van der Waals surface area contributed by atoms with Crippen molar-refractivity contribution in [3.05, 3.63) is 16.9 Å². The first-order valence-electron chi connectivity index (χ1n) is 6.41. The Kier molecular flexibility index (Phi) is 3.07. The molecular formula is C13H17N3OS. The van der Waals surface area contributed by atoms with Gasteiger partial charge in [0.05, 0.1) is 12.6 Å². The van der Waals surface area contributed by atoms with Crippen LogP contribution in [0.1, 0.15) is 25.7 Å². The standard InChI is InChI=1S/C13H17N3OS/c1-17-11-7-6-10-12(15-11)16(13(18)14-10)8-9-4-2-3-5-9/h6-7,9H,2-5,8H2,1H3,(H,14,18). The second kappa shape index (κ2) is 4.72. The van der Waals surface area contributed by atoms with Crippen molar-refractivity contribution >= 4 is 23.4 Å². The van der Waals surface area contributed by atoms with Crippen molar-refractivity contribution in [2.75, 3.05) is 7.11 Å². The molecular weight excluding hydrogens is 246 g/mol. The molecule has 1 fully saturated rings. The smallest absolute Gasteiger partial charge is 0.215 e. The van der Waals surface area contributed by atoms with Gasteiger partial charge in [0.25, 0.3) is 0 Å². The Labute approximate surface area is 111 Å². The van der Waals surface area contributed by atoms with Gasteiger partial charge >= 0.3 is 0 Å². The second-order valence-electron chi connectivity index (χ2n) is 4.92. The van der Waals surface area contributed by atoms with Gasteiger partial charge in [-0.05, 0) is 37.0 Å². The first-order chi connectivity index (χ1) is 8.78. The lowest BCUT2D eigenvalue weighted by molar-refractivity contribution is 0.398. The molecule has 0 saturated heterocycles. The van der Waals surface area contributed by atoms with Gasteiger partial charge < -0.3 is 14.3 Å². The van der Waals surface area contributed by atoms with E-state index < -0.39 is 0 Å². The molecule has 5 heteroatoms. The summed E-state index contributed by atoms with van der Waals surface area (Å²) in [6, 6.07) is 3.83. The van der Waals surface area contributed by atoms with Gasteiger partial charge in [0.15, 0.2) is 10.4 Å². The van der Waals surface area contributed by atoms with Crippen LogP contribution in [0.25, 0.3) is 11.2 Å². The largest absolute Gasteiger partial charge is 0.481 e. The third-order valence-corrected chi connectivity index (χ3v) is 4.04. The summed E-state index contributed by atoms with van der Waals surface area (Å²) >= 11 is 5.39. The van der Waals surface area contributed by atoms with Crippen LogP contribution in [0.5, 0.6) is 5.88 Å². The van der Waals surface area contributed by atoms with E-state index in [1.54, 1.807) is 7.11 Å². The van der Waals surface area contributed by atoms with E-state index in [-0.39, 0.29) is 0 Å². The van der Waals surface area contributed by atoms with Crippen molar-refractivity contribution in [1.29, 1.82) is 0 Å². The molecule has 0 spiro atoms. The lowest BCUT2D eigenvalue weighted by atomic mass is 10.1. The van der Waals surface area contributed by atoms with Crippen LogP contribution >= 0.6 is 12.2 Å². The molecule has 4 nitrogen and oxygen atoms in total. The minimum atomic E-state index is 0.636. The van der Waals surface area contributed by atoms with Gasteiger partial charge in [-0.25, -0.2) is 0 Å². The Balaban J connectivity index is 2.02. The predicted octanol–water partition coefficient (Wildman–Crippen LogP) is 3.29. The van der Waals surface area contributed by atoms with Gasteiger partial charge in [0.2, 0.25) is 5.88 Å². The predicted molar refractivity (Wildman–Crippen MR) is 73.4 cm³/mol. The van der Waals surface area contributed by atoms with E-state index in [9.17, 15) is 0 Å². The monoisotopic (exact) mass is 263 g/mol. The molecule has 1 aliphatic carbocycles. The van der Waals surface area contributed by atoms with E-state index >= 15 is 0 Å². The summed E-state index contributed by atoms with van der Waals surface area (Å²) in [4.78, 5) is 7.71. The third-order valence-electron chi connectivity index (χ3n) is 3.72. The van der Waals surface area contributed by atoms with Gasteiger partial charge in [-0.2, -0.15) is 4.98 Å². The third kappa shape index (κ3) is 2.03. The number of nitrogens with zero attached hydrogens (tertiary/aromatic N) is 2. The van der Waals surface area contributed by atoms with Gasteiger partial charge in [-0.1, -0.05) is 12.8 Å². The number of H-pyrrole nitrogens is 1. The fourth-order valence-corrected chi connectivity index (χ4v) is 3.02. The van der Waals surface area contributed by atoms with Crippen LogP contribution in [0.15, 0.2) is 12.1 Å². The number of methoxy groups -OCH3 is 1. The Bertz CT molecular complexity index is 610. The molecule has 1 saturated carbocycles. The maximum Gasteiger partial charge on any atom is 0.215 e. The topological polar surface area (TPSA) is 42.8 Å². The van der Waals surface area contributed by atoms with Crippen molar-refractivity contribution in [2.24, 2.45) is 5.92 Å². The molecule has 1 N–H and O–H groups in total. The fourth-order valence-electron chi connectivity index (χ4n) is 2.75. The Morgan fingerprint density at radius 3 is 2.94 bits per heavy atom. The molecule has 3 rings (SSSR count). The highest BCUT2D eigenvalue weighted by Crippen LogP contribution is 2.27. The van der Waals surface area contributed by atoms with Crippen molar-refractivity contribution in [2.45, 2.75) is 32.2 Å². The van der Waals surface area contributed by atoms with E-state index in [2.05, 4.69) is 14.5 Å². The van der Waals surface area contributed by atoms with E-state index in [0.29, 0.717) is 5.88 Å². The molecule has 0 amide bonds. The number of hydrogen-bond acceptors (Lipinski definition) is 3. The molecule has 2 aromatic heterocycles. The van der Waals surface area contributed by atoms with Crippen LogP contribution in [0, 0.1) is 10.7 Å². The fraction of sp³-hybridized carbons (Fsp3) is 0.538. The summed E-state index contributed by atoms with van der Waals surface area (Å²) in [6.45, 7) is 0.971. The molecule has 18 heavy (non-hydrogen) atoms. The van der Waals surface area contributed by atoms with Gasteiger partial charge in [-0.15, -0.1) is 0 Å². The van der Waals surface area contributed by atoms with Crippen LogP contribution in [0.3, 0.4) is 0 Å². The minimum absolute atomic E-state index is 0.636. The van der Waals surface area contributed by atoms with Crippen LogP contribution in [-0.2, 0) is 6.54 Å². The van der Waals surface area contributed by atoms with E-state index in [1.165, 1.54) is 25.7 Å². The van der Waals surface area contributed by atoms with Crippen LogP contribution in [0.2, 0.25) is 0 Å². The first kappa shape index (κ1) is 11.7. The molecule has 0 aliphatic heterocycles. The highest BCUT2D eigenvalue weighted by Gasteiger charge is 2.17. The summed E-state index contributed by atoms with van der Waals surface area (Å²) < 4.78 is 8.06. The van der Waals surface area contributed by atoms with Crippen LogP contribution in [0.4, 0.5) is 0 Å². The number of aromatic amines is 1. The maximum absolute atomic E-state index is 5.39. The summed E-state index contributed by atoms with van der Waals surface area (Å²) in [6.07, 6.45) is 5.30. The van der Waals surface area contributed by atoms with E-state index in [0.717, 1.165) is 28.4 Å². The molecule has 2 aromatic rings. The highest BCUT2D eigenvalue weighted by atomic mass is 32.1.